The number of methoxy groups -OCH3 is 1. The van der Waals surface area contributed by atoms with Crippen molar-refractivity contribution in [3.63, 3.8) is 0 Å². The van der Waals surface area contributed by atoms with Crippen LogP contribution in [-0.4, -0.2) is 79.3 Å². The average molecular weight is 413 g/mol. The molecule has 3 rings (SSSR count). The van der Waals surface area contributed by atoms with Crippen LogP contribution in [-0.2, 0) is 33.2 Å². The second-order valence-electron chi connectivity index (χ2n) is 8.83. The Bertz CT molecular complexity index is 655. The van der Waals surface area contributed by atoms with Gasteiger partial charge in [-0.1, -0.05) is 6.08 Å². The average Bonchev–Trinajstić information content (AvgIpc) is 3.07. The van der Waals surface area contributed by atoms with Crippen molar-refractivity contribution in [3.8, 4) is 0 Å². The molecule has 1 amide bonds. The van der Waals surface area contributed by atoms with E-state index in [2.05, 4.69) is 0 Å². The Balaban J connectivity index is 1.89. The van der Waals surface area contributed by atoms with Crippen molar-refractivity contribution in [2.75, 3.05) is 20.3 Å². The number of ether oxygens (including phenoxy) is 6. The number of hydrogen-bond acceptors (Lipinski definition) is 8. The summed E-state index contributed by atoms with van der Waals surface area (Å²) in [5.74, 6) is -1.24. The topological polar surface area (TPSA) is 92.8 Å². The highest BCUT2D eigenvalue weighted by atomic mass is 16.8. The second kappa shape index (κ2) is 8.22. The monoisotopic (exact) mass is 413 g/mol. The number of carbonyl (C=O) groups excluding carboxylic acids is 2. The molecular weight excluding hydrogens is 382 g/mol. The fourth-order valence-corrected chi connectivity index (χ4v) is 3.78. The van der Waals surface area contributed by atoms with Crippen molar-refractivity contribution >= 4 is 12.1 Å². The summed E-state index contributed by atoms with van der Waals surface area (Å²) in [5, 5.41) is 0. The predicted octanol–water partition coefficient (Wildman–Crippen LogP) is 1.99. The third-order valence-corrected chi connectivity index (χ3v) is 4.89. The van der Waals surface area contributed by atoms with Gasteiger partial charge in [0.25, 0.3) is 0 Å². The van der Waals surface area contributed by atoms with Crippen LogP contribution in [0.2, 0.25) is 0 Å². The van der Waals surface area contributed by atoms with E-state index in [1.54, 1.807) is 53.9 Å². The largest absolute Gasteiger partial charge is 0.461 e. The molecule has 9 nitrogen and oxygen atoms in total. The molecular formula is C20H31NO8. The first-order valence-electron chi connectivity index (χ1n) is 9.85. The predicted molar refractivity (Wildman–Crippen MR) is 101 cm³/mol. The molecule has 0 bridgehead atoms. The van der Waals surface area contributed by atoms with Crippen molar-refractivity contribution in [2.45, 2.75) is 83.1 Å². The van der Waals surface area contributed by atoms with Crippen LogP contribution in [0.3, 0.4) is 0 Å². The lowest BCUT2D eigenvalue weighted by molar-refractivity contribution is -0.223. The van der Waals surface area contributed by atoms with Gasteiger partial charge in [0.1, 0.15) is 30.5 Å². The SMILES string of the molecule is CO[C@@H]1[C@H]2OC(C)(C)O[C@H]2O[C@@H]1[C@@H]1CC(=O)OC/C=C\CN1C(=O)OC(C)(C)C. The quantitative estimate of drug-likeness (QED) is 0.501. The number of cyclic esters (lactones) is 1. The first-order chi connectivity index (χ1) is 13.5. The number of rotatable bonds is 2. The maximum absolute atomic E-state index is 13.0. The zero-order chi connectivity index (χ0) is 21.4. The minimum absolute atomic E-state index is 0.0612. The molecule has 2 saturated heterocycles. The van der Waals surface area contributed by atoms with Gasteiger partial charge in [0.2, 0.25) is 0 Å². The van der Waals surface area contributed by atoms with Crippen LogP contribution in [0.15, 0.2) is 12.2 Å². The highest BCUT2D eigenvalue weighted by Gasteiger charge is 2.58. The number of nitrogens with zero attached hydrogens (tertiary/aromatic N) is 1. The molecule has 0 radical (unpaired) electrons. The Morgan fingerprint density at radius 2 is 1.93 bits per heavy atom. The molecule has 0 aromatic carbocycles. The first-order valence-corrected chi connectivity index (χ1v) is 9.85. The van der Waals surface area contributed by atoms with E-state index < -0.39 is 54.1 Å². The summed E-state index contributed by atoms with van der Waals surface area (Å²) in [7, 11) is 1.54. The lowest BCUT2D eigenvalue weighted by atomic mass is 9.99. The maximum Gasteiger partial charge on any atom is 0.410 e. The Labute approximate surface area is 171 Å². The number of amides is 1. The van der Waals surface area contributed by atoms with Crippen LogP contribution in [0.5, 0.6) is 0 Å². The van der Waals surface area contributed by atoms with E-state index in [4.69, 9.17) is 28.4 Å². The van der Waals surface area contributed by atoms with Gasteiger partial charge in [-0.2, -0.15) is 0 Å². The molecule has 2 fully saturated rings. The Morgan fingerprint density at radius 3 is 2.59 bits per heavy atom. The third kappa shape index (κ3) is 5.09. The molecule has 29 heavy (non-hydrogen) atoms. The number of hydrogen-bond donors (Lipinski definition) is 0. The lowest BCUT2D eigenvalue weighted by Crippen LogP contribution is -2.54. The fraction of sp³-hybridized carbons (Fsp3) is 0.800. The van der Waals surface area contributed by atoms with Crippen LogP contribution in [0.1, 0.15) is 41.0 Å². The van der Waals surface area contributed by atoms with Gasteiger partial charge in [0, 0.05) is 13.7 Å². The zero-order valence-corrected chi connectivity index (χ0v) is 17.9. The molecule has 0 saturated carbocycles. The van der Waals surface area contributed by atoms with Gasteiger partial charge in [0.05, 0.1) is 12.5 Å². The molecule has 0 aromatic rings. The first kappa shape index (κ1) is 22.0. The van der Waals surface area contributed by atoms with Gasteiger partial charge in [-0.05, 0) is 40.7 Å². The Hall–Kier alpha value is -1.68. The highest BCUT2D eigenvalue weighted by molar-refractivity contribution is 5.73. The molecule has 9 heteroatoms. The van der Waals surface area contributed by atoms with E-state index in [0.717, 1.165) is 0 Å². The summed E-state index contributed by atoms with van der Waals surface area (Å²) in [6.07, 6.45) is 0.549. The summed E-state index contributed by atoms with van der Waals surface area (Å²) < 4.78 is 34.3. The van der Waals surface area contributed by atoms with Crippen molar-refractivity contribution in [3.05, 3.63) is 12.2 Å². The molecule has 0 spiro atoms. The van der Waals surface area contributed by atoms with Crippen molar-refractivity contribution in [2.24, 2.45) is 0 Å². The summed E-state index contributed by atoms with van der Waals surface area (Å²) in [4.78, 5) is 26.8. The van der Waals surface area contributed by atoms with Gasteiger partial charge in [-0.15, -0.1) is 0 Å². The molecule has 0 unspecified atom stereocenters. The van der Waals surface area contributed by atoms with Crippen LogP contribution in [0.4, 0.5) is 4.79 Å². The smallest absolute Gasteiger partial charge is 0.410 e. The van der Waals surface area contributed by atoms with Crippen LogP contribution in [0.25, 0.3) is 0 Å². The Kier molecular flexibility index (Phi) is 6.24. The summed E-state index contributed by atoms with van der Waals surface area (Å²) in [6, 6.07) is -0.675. The van der Waals surface area contributed by atoms with Crippen LogP contribution >= 0.6 is 0 Å². The summed E-state index contributed by atoms with van der Waals surface area (Å²) >= 11 is 0. The highest BCUT2D eigenvalue weighted by Crippen LogP contribution is 2.41. The standard InChI is InChI=1S/C20H31NO8/c1-19(2,3)29-18(23)21-9-7-8-10-25-13(22)11-12(21)14-15(24-6)16-17(26-14)28-20(4,5)27-16/h7-8,12,14-17H,9-11H2,1-6H3/b8-7-/t12-,14+,15-,16+,17+/m0/s1. The van der Waals surface area contributed by atoms with E-state index >= 15 is 0 Å². The minimum Gasteiger partial charge on any atom is -0.461 e. The molecule has 0 aliphatic carbocycles. The molecule has 0 aromatic heterocycles. The van der Waals surface area contributed by atoms with Gasteiger partial charge in [-0.25, -0.2) is 4.79 Å². The molecule has 3 aliphatic heterocycles. The van der Waals surface area contributed by atoms with Crippen LogP contribution < -0.4 is 0 Å². The van der Waals surface area contributed by atoms with Gasteiger partial charge >= 0.3 is 12.1 Å². The number of fused-ring (bicyclic) bond motifs is 1. The zero-order valence-electron chi connectivity index (χ0n) is 17.9. The third-order valence-electron chi connectivity index (χ3n) is 4.89. The van der Waals surface area contributed by atoms with Crippen molar-refractivity contribution < 1.29 is 38.0 Å². The van der Waals surface area contributed by atoms with E-state index in [0.29, 0.717) is 0 Å². The van der Waals surface area contributed by atoms with E-state index in [1.807, 2.05) is 0 Å². The van der Waals surface area contributed by atoms with Gasteiger partial charge in [-0.3, -0.25) is 9.69 Å². The molecule has 3 heterocycles. The summed E-state index contributed by atoms with van der Waals surface area (Å²) in [6.45, 7) is 9.36. The molecule has 5 atom stereocenters. The molecule has 164 valence electrons. The lowest BCUT2D eigenvalue weighted by Gasteiger charge is -2.37. The van der Waals surface area contributed by atoms with Crippen molar-refractivity contribution in [1.29, 1.82) is 0 Å². The second-order valence-corrected chi connectivity index (χ2v) is 8.83. The Morgan fingerprint density at radius 1 is 1.21 bits per heavy atom. The van der Waals surface area contributed by atoms with E-state index in [1.165, 1.54) is 4.90 Å². The van der Waals surface area contributed by atoms with Gasteiger partial charge in [0.15, 0.2) is 12.1 Å². The minimum atomic E-state index is -0.804. The maximum atomic E-state index is 13.0. The molecule has 3 aliphatic rings. The normalized spacial score (nSPS) is 35.9. The van der Waals surface area contributed by atoms with Crippen molar-refractivity contribution in [1.82, 2.24) is 4.90 Å². The fourth-order valence-electron chi connectivity index (χ4n) is 3.78. The van der Waals surface area contributed by atoms with Crippen LogP contribution in [0, 0.1) is 0 Å². The summed E-state index contributed by atoms with van der Waals surface area (Å²) in [5.41, 5.74) is -0.686. The number of esters is 1. The molecule has 0 N–H and O–H groups in total. The van der Waals surface area contributed by atoms with E-state index in [-0.39, 0.29) is 19.6 Å². The van der Waals surface area contributed by atoms with E-state index in [9.17, 15) is 9.59 Å². The number of carbonyl (C=O) groups is 2. The van der Waals surface area contributed by atoms with Gasteiger partial charge < -0.3 is 28.4 Å².